The van der Waals surface area contributed by atoms with E-state index in [0.29, 0.717) is 0 Å². The van der Waals surface area contributed by atoms with Crippen molar-refractivity contribution < 1.29 is 0 Å². The Bertz CT molecular complexity index is 689. The van der Waals surface area contributed by atoms with E-state index >= 15 is 0 Å². The predicted molar refractivity (Wildman–Crippen MR) is 93.3 cm³/mol. The Morgan fingerprint density at radius 3 is 1.50 bits per heavy atom. The minimum Gasteiger partial charge on any atom is -0.321 e. The first-order valence-corrected chi connectivity index (χ1v) is 7.48. The highest BCUT2D eigenvalue weighted by atomic mass is 14.6. The van der Waals surface area contributed by atoms with Gasteiger partial charge in [-0.1, -0.05) is 97.1 Å². The van der Waals surface area contributed by atoms with E-state index in [0.717, 1.165) is 11.1 Å². The van der Waals surface area contributed by atoms with E-state index < -0.39 is 0 Å². The number of hydrogen-bond acceptors (Lipinski definition) is 1. The number of rotatable bonds is 4. The first kappa shape index (κ1) is 14.3. The smallest absolute Gasteiger partial charge is 0.0490 e. The Kier molecular flexibility index (Phi) is 4.47. The van der Waals surface area contributed by atoms with E-state index in [1.165, 1.54) is 11.1 Å². The summed E-state index contributed by atoms with van der Waals surface area (Å²) in [6, 6.07) is 30.8. The highest BCUT2D eigenvalue weighted by Crippen LogP contribution is 2.26. The van der Waals surface area contributed by atoms with Crippen LogP contribution in [0.25, 0.3) is 5.57 Å². The number of benzene rings is 3. The molecular weight excluding hydrogens is 266 g/mol. The van der Waals surface area contributed by atoms with Gasteiger partial charge in [-0.05, 0) is 22.3 Å². The van der Waals surface area contributed by atoms with Gasteiger partial charge in [0.15, 0.2) is 0 Å². The second-order valence-electron chi connectivity index (χ2n) is 5.25. The largest absolute Gasteiger partial charge is 0.321 e. The molecule has 0 aliphatic heterocycles. The summed E-state index contributed by atoms with van der Waals surface area (Å²) < 4.78 is 0. The molecule has 108 valence electrons. The zero-order valence-electron chi connectivity index (χ0n) is 12.4. The van der Waals surface area contributed by atoms with Crippen LogP contribution >= 0.6 is 0 Å². The van der Waals surface area contributed by atoms with Gasteiger partial charge in [0.25, 0.3) is 0 Å². The SMILES string of the molecule is NC(C=C(c1ccccc1)c1ccccc1)c1ccccc1. The van der Waals surface area contributed by atoms with E-state index in [2.05, 4.69) is 66.7 Å². The van der Waals surface area contributed by atoms with Crippen LogP contribution in [0.5, 0.6) is 0 Å². The lowest BCUT2D eigenvalue weighted by Crippen LogP contribution is -2.08. The minimum absolute atomic E-state index is 0.128. The lowest BCUT2D eigenvalue weighted by atomic mass is 9.94. The van der Waals surface area contributed by atoms with Gasteiger partial charge >= 0.3 is 0 Å². The summed E-state index contributed by atoms with van der Waals surface area (Å²) in [6.45, 7) is 0. The Hall–Kier alpha value is -2.64. The van der Waals surface area contributed by atoms with Gasteiger partial charge < -0.3 is 5.73 Å². The maximum absolute atomic E-state index is 6.39. The van der Waals surface area contributed by atoms with Crippen molar-refractivity contribution in [2.75, 3.05) is 0 Å². The second kappa shape index (κ2) is 6.88. The van der Waals surface area contributed by atoms with Crippen LogP contribution in [0, 0.1) is 0 Å². The third-order valence-corrected chi connectivity index (χ3v) is 3.70. The average molecular weight is 285 g/mol. The van der Waals surface area contributed by atoms with Crippen LogP contribution in [0.15, 0.2) is 97.1 Å². The maximum atomic E-state index is 6.39. The first-order chi connectivity index (χ1) is 10.8. The van der Waals surface area contributed by atoms with E-state index in [9.17, 15) is 0 Å². The quantitative estimate of drug-likeness (QED) is 0.731. The van der Waals surface area contributed by atoms with Gasteiger partial charge in [-0.3, -0.25) is 0 Å². The minimum atomic E-state index is -0.128. The Morgan fingerprint density at radius 2 is 1.05 bits per heavy atom. The molecule has 3 aromatic carbocycles. The molecule has 0 amide bonds. The van der Waals surface area contributed by atoms with Crippen LogP contribution in [0.1, 0.15) is 22.7 Å². The van der Waals surface area contributed by atoms with Crippen molar-refractivity contribution in [2.45, 2.75) is 6.04 Å². The Balaban J connectivity index is 2.04. The van der Waals surface area contributed by atoms with Crippen molar-refractivity contribution in [1.82, 2.24) is 0 Å². The van der Waals surface area contributed by atoms with Crippen LogP contribution in [0.4, 0.5) is 0 Å². The number of nitrogens with two attached hydrogens (primary N) is 1. The van der Waals surface area contributed by atoms with Gasteiger partial charge in [-0.15, -0.1) is 0 Å². The molecule has 0 aromatic heterocycles. The zero-order valence-corrected chi connectivity index (χ0v) is 12.4. The third kappa shape index (κ3) is 3.33. The highest BCUT2D eigenvalue weighted by molar-refractivity contribution is 5.80. The molecule has 22 heavy (non-hydrogen) atoms. The summed E-state index contributed by atoms with van der Waals surface area (Å²) >= 11 is 0. The highest BCUT2D eigenvalue weighted by Gasteiger charge is 2.08. The third-order valence-electron chi connectivity index (χ3n) is 3.70. The zero-order chi connectivity index (χ0) is 15.2. The molecule has 0 radical (unpaired) electrons. The summed E-state index contributed by atoms with van der Waals surface area (Å²) in [5.41, 5.74) is 11.0. The molecule has 1 unspecified atom stereocenters. The van der Waals surface area contributed by atoms with Gasteiger partial charge in [-0.25, -0.2) is 0 Å². The first-order valence-electron chi connectivity index (χ1n) is 7.48. The fourth-order valence-corrected chi connectivity index (χ4v) is 2.55. The molecule has 3 rings (SSSR count). The van der Waals surface area contributed by atoms with E-state index in [-0.39, 0.29) is 6.04 Å². The molecule has 0 heterocycles. The van der Waals surface area contributed by atoms with Crippen LogP contribution in [0.2, 0.25) is 0 Å². The molecule has 0 aliphatic rings. The van der Waals surface area contributed by atoms with Crippen LogP contribution < -0.4 is 5.73 Å². The monoisotopic (exact) mass is 285 g/mol. The molecule has 3 aromatic rings. The summed E-state index contributed by atoms with van der Waals surface area (Å²) in [7, 11) is 0. The molecule has 0 bridgehead atoms. The topological polar surface area (TPSA) is 26.0 Å². The van der Waals surface area contributed by atoms with E-state index in [1.807, 2.05) is 30.3 Å². The van der Waals surface area contributed by atoms with E-state index in [4.69, 9.17) is 5.73 Å². The lowest BCUT2D eigenvalue weighted by Gasteiger charge is -2.13. The summed E-state index contributed by atoms with van der Waals surface area (Å²) in [4.78, 5) is 0. The van der Waals surface area contributed by atoms with Gasteiger partial charge in [0.05, 0.1) is 0 Å². The van der Waals surface area contributed by atoms with Gasteiger partial charge in [0.2, 0.25) is 0 Å². The average Bonchev–Trinajstić information content (AvgIpc) is 2.62. The molecule has 2 N–H and O–H groups in total. The molecular formula is C21H19N. The summed E-state index contributed by atoms with van der Waals surface area (Å²) in [5.74, 6) is 0. The van der Waals surface area contributed by atoms with Gasteiger partial charge in [0, 0.05) is 6.04 Å². The standard InChI is InChI=1S/C21H19N/c22-21(19-14-8-3-9-15-19)16-20(17-10-4-1-5-11-17)18-12-6-2-7-13-18/h1-16,21H,22H2. The van der Waals surface area contributed by atoms with Gasteiger partial charge in [0.1, 0.15) is 0 Å². The molecule has 0 fully saturated rings. The lowest BCUT2D eigenvalue weighted by molar-refractivity contribution is 0.913. The second-order valence-corrected chi connectivity index (χ2v) is 5.25. The maximum Gasteiger partial charge on any atom is 0.0490 e. The van der Waals surface area contributed by atoms with Crippen molar-refractivity contribution in [1.29, 1.82) is 0 Å². The number of hydrogen-bond donors (Lipinski definition) is 1. The molecule has 0 aliphatic carbocycles. The van der Waals surface area contributed by atoms with Crippen LogP contribution in [-0.2, 0) is 0 Å². The Labute approximate surface area is 131 Å². The Morgan fingerprint density at radius 1 is 0.636 bits per heavy atom. The summed E-state index contributed by atoms with van der Waals surface area (Å²) in [5, 5.41) is 0. The fraction of sp³-hybridized carbons (Fsp3) is 0.0476. The molecule has 1 atom stereocenters. The predicted octanol–water partition coefficient (Wildman–Crippen LogP) is 4.82. The fourth-order valence-electron chi connectivity index (χ4n) is 2.55. The molecule has 0 saturated carbocycles. The molecule has 0 spiro atoms. The van der Waals surface area contributed by atoms with Crippen molar-refractivity contribution in [3.05, 3.63) is 114 Å². The normalized spacial score (nSPS) is 11.7. The van der Waals surface area contributed by atoms with Crippen molar-refractivity contribution in [3.8, 4) is 0 Å². The van der Waals surface area contributed by atoms with Crippen molar-refractivity contribution in [2.24, 2.45) is 5.73 Å². The van der Waals surface area contributed by atoms with Crippen LogP contribution in [-0.4, -0.2) is 0 Å². The molecule has 1 nitrogen and oxygen atoms in total. The van der Waals surface area contributed by atoms with Gasteiger partial charge in [-0.2, -0.15) is 0 Å². The van der Waals surface area contributed by atoms with Crippen molar-refractivity contribution in [3.63, 3.8) is 0 Å². The van der Waals surface area contributed by atoms with E-state index in [1.54, 1.807) is 0 Å². The van der Waals surface area contributed by atoms with Crippen molar-refractivity contribution >= 4 is 5.57 Å². The van der Waals surface area contributed by atoms with Crippen LogP contribution in [0.3, 0.4) is 0 Å². The summed E-state index contributed by atoms with van der Waals surface area (Å²) in [6.07, 6.45) is 2.14. The molecule has 1 heteroatoms. The molecule has 0 saturated heterocycles.